The van der Waals surface area contributed by atoms with Crippen molar-refractivity contribution in [1.29, 1.82) is 0 Å². The van der Waals surface area contributed by atoms with E-state index in [1.54, 1.807) is 12.4 Å². The first-order valence-corrected chi connectivity index (χ1v) is 5.41. The van der Waals surface area contributed by atoms with Crippen molar-refractivity contribution in [2.75, 3.05) is 30.0 Å². The number of nitrogens with one attached hydrogen (secondary N) is 1. The van der Waals surface area contributed by atoms with E-state index in [1.807, 2.05) is 32.3 Å². The summed E-state index contributed by atoms with van der Waals surface area (Å²) in [7, 11) is 4.03. The molecule has 2 aromatic rings. The third-order valence-electron chi connectivity index (χ3n) is 2.49. The molecule has 1 aromatic heterocycles. The van der Waals surface area contributed by atoms with Crippen LogP contribution in [0, 0.1) is 0 Å². The molecule has 0 saturated heterocycles. The fraction of sp³-hybridized carbons (Fsp3) is 0.154. The summed E-state index contributed by atoms with van der Waals surface area (Å²) >= 11 is 0. The molecule has 2 rings (SSSR count). The number of nitrogen functional groups attached to an aromatic ring is 1. The van der Waals surface area contributed by atoms with Gasteiger partial charge in [0.25, 0.3) is 0 Å². The standard InChI is InChI=1S/C13H16N4/c1-17(2)11-5-3-4-10(8-11)16-13-6-7-15-9-12(13)14/h3-9H,14H2,1-2H3,(H,15,16). The minimum Gasteiger partial charge on any atom is -0.396 e. The van der Waals surface area contributed by atoms with Gasteiger partial charge >= 0.3 is 0 Å². The quantitative estimate of drug-likeness (QED) is 0.847. The number of nitrogens with zero attached hydrogens (tertiary/aromatic N) is 2. The second-order valence-corrected chi connectivity index (χ2v) is 4.03. The maximum atomic E-state index is 5.83. The molecule has 0 amide bonds. The zero-order valence-corrected chi connectivity index (χ0v) is 10.0. The third kappa shape index (κ3) is 2.66. The molecule has 0 aliphatic carbocycles. The van der Waals surface area contributed by atoms with Crippen LogP contribution in [0.1, 0.15) is 0 Å². The van der Waals surface area contributed by atoms with E-state index < -0.39 is 0 Å². The second-order valence-electron chi connectivity index (χ2n) is 4.03. The Morgan fingerprint density at radius 1 is 1.24 bits per heavy atom. The maximum Gasteiger partial charge on any atom is 0.0739 e. The molecule has 0 spiro atoms. The first kappa shape index (κ1) is 11.3. The molecular weight excluding hydrogens is 212 g/mol. The highest BCUT2D eigenvalue weighted by molar-refractivity contribution is 5.73. The molecule has 0 fully saturated rings. The largest absolute Gasteiger partial charge is 0.396 e. The summed E-state index contributed by atoms with van der Waals surface area (Å²) in [6.07, 6.45) is 3.35. The van der Waals surface area contributed by atoms with Gasteiger partial charge in [0.15, 0.2) is 0 Å². The highest BCUT2D eigenvalue weighted by Gasteiger charge is 2.00. The minimum absolute atomic E-state index is 0.641. The number of nitrogens with two attached hydrogens (primary N) is 1. The molecule has 1 heterocycles. The molecule has 17 heavy (non-hydrogen) atoms. The molecule has 88 valence electrons. The summed E-state index contributed by atoms with van der Waals surface area (Å²) in [6, 6.07) is 10.0. The lowest BCUT2D eigenvalue weighted by Gasteiger charge is -2.15. The zero-order chi connectivity index (χ0) is 12.3. The topological polar surface area (TPSA) is 54.2 Å². The lowest BCUT2D eigenvalue weighted by atomic mass is 10.2. The molecule has 3 N–H and O–H groups in total. The number of aromatic nitrogens is 1. The fourth-order valence-electron chi connectivity index (χ4n) is 1.54. The minimum atomic E-state index is 0.641. The van der Waals surface area contributed by atoms with Crippen molar-refractivity contribution in [3.63, 3.8) is 0 Å². The Morgan fingerprint density at radius 3 is 2.76 bits per heavy atom. The summed E-state index contributed by atoms with van der Waals surface area (Å²) in [4.78, 5) is 6.02. The van der Waals surface area contributed by atoms with E-state index in [2.05, 4.69) is 27.3 Å². The van der Waals surface area contributed by atoms with E-state index in [-0.39, 0.29) is 0 Å². The van der Waals surface area contributed by atoms with Gasteiger partial charge in [-0.25, -0.2) is 0 Å². The number of hydrogen-bond donors (Lipinski definition) is 2. The van der Waals surface area contributed by atoms with Crippen LogP contribution in [-0.4, -0.2) is 19.1 Å². The Balaban J connectivity index is 2.25. The van der Waals surface area contributed by atoms with Gasteiger partial charge in [0, 0.05) is 31.7 Å². The number of hydrogen-bond acceptors (Lipinski definition) is 4. The van der Waals surface area contributed by atoms with Crippen LogP contribution in [0.5, 0.6) is 0 Å². The van der Waals surface area contributed by atoms with E-state index in [1.165, 1.54) is 0 Å². The average molecular weight is 228 g/mol. The molecule has 0 aliphatic rings. The SMILES string of the molecule is CN(C)c1cccc(Nc2ccncc2N)c1. The summed E-state index contributed by atoms with van der Waals surface area (Å²) < 4.78 is 0. The van der Waals surface area contributed by atoms with Crippen molar-refractivity contribution in [2.24, 2.45) is 0 Å². The van der Waals surface area contributed by atoms with Crippen LogP contribution >= 0.6 is 0 Å². The fourth-order valence-corrected chi connectivity index (χ4v) is 1.54. The van der Waals surface area contributed by atoms with Gasteiger partial charge in [-0.15, -0.1) is 0 Å². The highest BCUT2D eigenvalue weighted by atomic mass is 15.1. The Kier molecular flexibility index (Phi) is 3.14. The highest BCUT2D eigenvalue weighted by Crippen LogP contribution is 2.24. The molecule has 0 radical (unpaired) electrons. The van der Waals surface area contributed by atoms with Crippen molar-refractivity contribution in [3.8, 4) is 0 Å². The lowest BCUT2D eigenvalue weighted by molar-refractivity contribution is 1.13. The molecule has 0 atom stereocenters. The van der Waals surface area contributed by atoms with Crippen LogP contribution in [0.15, 0.2) is 42.7 Å². The summed E-state index contributed by atoms with van der Waals surface area (Å²) in [5.41, 5.74) is 9.49. The predicted molar refractivity (Wildman–Crippen MR) is 72.7 cm³/mol. The van der Waals surface area contributed by atoms with Crippen molar-refractivity contribution in [3.05, 3.63) is 42.7 Å². The zero-order valence-electron chi connectivity index (χ0n) is 10.0. The van der Waals surface area contributed by atoms with Gasteiger partial charge in [0.2, 0.25) is 0 Å². The first-order chi connectivity index (χ1) is 8.16. The molecule has 4 heteroatoms. The van der Waals surface area contributed by atoms with Crippen molar-refractivity contribution < 1.29 is 0 Å². The van der Waals surface area contributed by atoms with Gasteiger partial charge in [0.1, 0.15) is 0 Å². The maximum absolute atomic E-state index is 5.83. The van der Waals surface area contributed by atoms with Gasteiger partial charge in [-0.1, -0.05) is 6.07 Å². The summed E-state index contributed by atoms with van der Waals surface area (Å²) in [5, 5.41) is 3.28. The molecule has 0 bridgehead atoms. The average Bonchev–Trinajstić information content (AvgIpc) is 2.32. The van der Waals surface area contributed by atoms with Gasteiger partial charge in [-0.05, 0) is 24.3 Å². The Labute approximate surface area is 101 Å². The molecule has 0 saturated carbocycles. The number of benzene rings is 1. The molecule has 1 aromatic carbocycles. The first-order valence-electron chi connectivity index (χ1n) is 5.41. The van der Waals surface area contributed by atoms with Crippen LogP contribution < -0.4 is 16.0 Å². The van der Waals surface area contributed by atoms with Crippen molar-refractivity contribution in [1.82, 2.24) is 4.98 Å². The van der Waals surface area contributed by atoms with Gasteiger partial charge < -0.3 is 16.0 Å². The van der Waals surface area contributed by atoms with Crippen LogP contribution in [0.25, 0.3) is 0 Å². The van der Waals surface area contributed by atoms with Crippen LogP contribution in [0.3, 0.4) is 0 Å². The third-order valence-corrected chi connectivity index (χ3v) is 2.49. The van der Waals surface area contributed by atoms with E-state index in [4.69, 9.17) is 5.73 Å². The lowest BCUT2D eigenvalue weighted by Crippen LogP contribution is -2.08. The van der Waals surface area contributed by atoms with Crippen molar-refractivity contribution >= 4 is 22.7 Å². The Bertz CT molecular complexity index is 508. The Morgan fingerprint density at radius 2 is 2.06 bits per heavy atom. The van der Waals surface area contributed by atoms with Crippen LogP contribution in [-0.2, 0) is 0 Å². The van der Waals surface area contributed by atoms with Gasteiger partial charge in [-0.3, -0.25) is 4.98 Å². The van der Waals surface area contributed by atoms with E-state index >= 15 is 0 Å². The van der Waals surface area contributed by atoms with Gasteiger partial charge in [0.05, 0.1) is 17.6 Å². The molecule has 4 nitrogen and oxygen atoms in total. The predicted octanol–water partition coefficient (Wildman–Crippen LogP) is 2.47. The van der Waals surface area contributed by atoms with E-state index in [0.29, 0.717) is 5.69 Å². The number of anilines is 4. The van der Waals surface area contributed by atoms with E-state index in [0.717, 1.165) is 17.1 Å². The summed E-state index contributed by atoms with van der Waals surface area (Å²) in [6.45, 7) is 0. The van der Waals surface area contributed by atoms with Crippen molar-refractivity contribution in [2.45, 2.75) is 0 Å². The monoisotopic (exact) mass is 228 g/mol. The van der Waals surface area contributed by atoms with Crippen LogP contribution in [0.4, 0.5) is 22.7 Å². The smallest absolute Gasteiger partial charge is 0.0739 e. The Hall–Kier alpha value is -2.23. The number of rotatable bonds is 3. The molecule has 0 aliphatic heterocycles. The summed E-state index contributed by atoms with van der Waals surface area (Å²) in [5.74, 6) is 0. The number of pyridine rings is 1. The van der Waals surface area contributed by atoms with Gasteiger partial charge in [-0.2, -0.15) is 0 Å². The van der Waals surface area contributed by atoms with Crippen LogP contribution in [0.2, 0.25) is 0 Å². The molecular formula is C13H16N4. The normalized spacial score (nSPS) is 10.0. The van der Waals surface area contributed by atoms with E-state index in [9.17, 15) is 0 Å². The second kappa shape index (κ2) is 4.74. The molecule has 0 unspecified atom stereocenters.